The Morgan fingerprint density at radius 3 is 2.65 bits per heavy atom. The van der Waals surface area contributed by atoms with Crippen molar-refractivity contribution in [3.8, 4) is 5.75 Å². The van der Waals surface area contributed by atoms with Crippen LogP contribution in [-0.4, -0.2) is 33.6 Å². The van der Waals surface area contributed by atoms with Crippen molar-refractivity contribution in [1.29, 1.82) is 0 Å². The van der Waals surface area contributed by atoms with Gasteiger partial charge in [-0.3, -0.25) is 4.79 Å². The summed E-state index contributed by atoms with van der Waals surface area (Å²) in [4.78, 5) is 15.1. The van der Waals surface area contributed by atoms with E-state index >= 15 is 0 Å². The fraction of sp³-hybridized carbons (Fsp3) is 0.286. The third-order valence-electron chi connectivity index (χ3n) is 5.51. The van der Waals surface area contributed by atoms with Crippen molar-refractivity contribution in [2.45, 2.75) is 19.3 Å². The normalized spacial score (nSPS) is 17.2. The molecule has 2 heterocycles. The fourth-order valence-electron chi connectivity index (χ4n) is 3.94. The number of phenols is 1. The first kappa shape index (κ1) is 16.6. The molecule has 1 amide bonds. The molecule has 5 heteroatoms. The van der Waals surface area contributed by atoms with E-state index < -0.39 is 0 Å². The number of aryl methyl sites for hydroxylation is 1. The van der Waals surface area contributed by atoms with Gasteiger partial charge >= 0.3 is 0 Å². The number of rotatable bonds is 2. The van der Waals surface area contributed by atoms with Crippen LogP contribution in [0.15, 0.2) is 42.5 Å². The molecular weight excluding hydrogens is 331 g/mol. The van der Waals surface area contributed by atoms with Crippen LogP contribution in [0.3, 0.4) is 0 Å². The number of halogens is 1. The topological polar surface area (TPSA) is 45.5 Å². The standard InChI is InChI=1S/C21H21FN2O2/c1-13-20(18-11-17(25)7-8-19(18)23(13)2)21(26)24-10-9-15(12-24)14-3-5-16(22)6-4-14/h3-8,11,15,25H,9-10,12H2,1-2H3/t15-/m0/s1. The second kappa shape index (κ2) is 6.16. The molecule has 0 spiro atoms. The third kappa shape index (κ3) is 2.64. The summed E-state index contributed by atoms with van der Waals surface area (Å²) in [5.74, 6) is 0.125. The molecule has 0 bridgehead atoms. The Bertz CT molecular complexity index is 991. The van der Waals surface area contributed by atoms with Gasteiger partial charge in [-0.05, 0) is 49.2 Å². The Kier molecular flexibility index (Phi) is 3.94. The molecule has 1 aliphatic heterocycles. The van der Waals surface area contributed by atoms with Crippen molar-refractivity contribution in [3.63, 3.8) is 0 Å². The Labute approximate surface area is 151 Å². The number of hydrogen-bond donors (Lipinski definition) is 1. The summed E-state index contributed by atoms with van der Waals surface area (Å²) in [6, 6.07) is 11.7. The molecule has 4 nitrogen and oxygen atoms in total. The van der Waals surface area contributed by atoms with E-state index in [-0.39, 0.29) is 23.4 Å². The molecule has 1 N–H and O–H groups in total. The Morgan fingerprint density at radius 1 is 1.19 bits per heavy atom. The van der Waals surface area contributed by atoms with Crippen LogP contribution in [0, 0.1) is 12.7 Å². The van der Waals surface area contributed by atoms with Gasteiger partial charge in [0.15, 0.2) is 0 Å². The van der Waals surface area contributed by atoms with E-state index in [0.29, 0.717) is 18.7 Å². The lowest BCUT2D eigenvalue weighted by atomic mass is 9.98. The molecule has 1 aliphatic rings. The van der Waals surface area contributed by atoms with Crippen LogP contribution >= 0.6 is 0 Å². The van der Waals surface area contributed by atoms with Crippen molar-refractivity contribution in [1.82, 2.24) is 9.47 Å². The maximum Gasteiger partial charge on any atom is 0.256 e. The Morgan fingerprint density at radius 2 is 1.92 bits per heavy atom. The smallest absolute Gasteiger partial charge is 0.256 e. The highest BCUT2D eigenvalue weighted by molar-refractivity contribution is 6.08. The number of benzene rings is 2. The number of carbonyl (C=O) groups excluding carboxylic acids is 1. The van der Waals surface area contributed by atoms with E-state index in [1.807, 2.05) is 29.5 Å². The second-order valence-electron chi connectivity index (χ2n) is 7.01. The van der Waals surface area contributed by atoms with Gasteiger partial charge in [-0.15, -0.1) is 0 Å². The quantitative estimate of drug-likeness (QED) is 0.759. The predicted octanol–water partition coefficient (Wildman–Crippen LogP) is 3.96. The number of nitrogens with zero attached hydrogens (tertiary/aromatic N) is 2. The van der Waals surface area contributed by atoms with Gasteiger partial charge in [-0.25, -0.2) is 4.39 Å². The highest BCUT2D eigenvalue weighted by Crippen LogP contribution is 2.33. The molecule has 134 valence electrons. The van der Waals surface area contributed by atoms with Crippen molar-refractivity contribution >= 4 is 16.8 Å². The van der Waals surface area contributed by atoms with E-state index in [2.05, 4.69) is 0 Å². The molecule has 26 heavy (non-hydrogen) atoms. The van der Waals surface area contributed by atoms with Crippen LogP contribution in [0.2, 0.25) is 0 Å². The van der Waals surface area contributed by atoms with Gasteiger partial charge in [-0.1, -0.05) is 12.1 Å². The molecule has 1 saturated heterocycles. The average Bonchev–Trinajstić information content (AvgIpc) is 3.20. The minimum absolute atomic E-state index is 0.0108. The lowest BCUT2D eigenvalue weighted by molar-refractivity contribution is 0.0791. The summed E-state index contributed by atoms with van der Waals surface area (Å²) in [5.41, 5.74) is 3.53. The number of fused-ring (bicyclic) bond motifs is 1. The van der Waals surface area contributed by atoms with Crippen LogP contribution in [0.25, 0.3) is 10.9 Å². The second-order valence-corrected chi connectivity index (χ2v) is 7.01. The highest BCUT2D eigenvalue weighted by Gasteiger charge is 2.30. The van der Waals surface area contributed by atoms with E-state index in [4.69, 9.17) is 0 Å². The van der Waals surface area contributed by atoms with Crippen molar-refractivity contribution in [2.75, 3.05) is 13.1 Å². The zero-order valence-corrected chi connectivity index (χ0v) is 14.9. The van der Waals surface area contributed by atoms with Gasteiger partial charge in [0.2, 0.25) is 0 Å². The molecule has 3 aromatic rings. The molecular formula is C21H21FN2O2. The molecule has 1 fully saturated rings. The molecule has 0 unspecified atom stereocenters. The lowest BCUT2D eigenvalue weighted by Gasteiger charge is -2.17. The number of carbonyl (C=O) groups is 1. The van der Waals surface area contributed by atoms with Gasteiger partial charge in [-0.2, -0.15) is 0 Å². The van der Waals surface area contributed by atoms with Gasteiger partial charge in [0.1, 0.15) is 11.6 Å². The first-order valence-electron chi connectivity index (χ1n) is 8.78. The van der Waals surface area contributed by atoms with E-state index in [0.717, 1.165) is 28.6 Å². The lowest BCUT2D eigenvalue weighted by Crippen LogP contribution is -2.29. The van der Waals surface area contributed by atoms with E-state index in [1.54, 1.807) is 24.3 Å². The predicted molar refractivity (Wildman–Crippen MR) is 99.0 cm³/mol. The number of likely N-dealkylation sites (tertiary alicyclic amines) is 1. The maximum atomic E-state index is 13.2. The molecule has 2 aromatic carbocycles. The molecule has 1 aromatic heterocycles. The summed E-state index contributed by atoms with van der Waals surface area (Å²) < 4.78 is 15.1. The fourth-order valence-corrected chi connectivity index (χ4v) is 3.94. The first-order valence-corrected chi connectivity index (χ1v) is 8.78. The number of aromatic hydroxyl groups is 1. The van der Waals surface area contributed by atoms with Gasteiger partial charge in [0.25, 0.3) is 5.91 Å². The van der Waals surface area contributed by atoms with E-state index in [9.17, 15) is 14.3 Å². The van der Waals surface area contributed by atoms with Gasteiger partial charge in [0.05, 0.1) is 5.56 Å². The SMILES string of the molecule is Cc1c(C(=O)N2CC[C@H](c3ccc(F)cc3)C2)c2cc(O)ccc2n1C. The van der Waals surface area contributed by atoms with Crippen LogP contribution in [0.5, 0.6) is 5.75 Å². The Balaban J connectivity index is 1.65. The molecule has 0 aliphatic carbocycles. The monoisotopic (exact) mass is 352 g/mol. The zero-order valence-electron chi connectivity index (χ0n) is 14.9. The summed E-state index contributed by atoms with van der Waals surface area (Å²) in [6.45, 7) is 3.23. The number of phenolic OH excluding ortho intramolecular Hbond substituents is 1. The third-order valence-corrected chi connectivity index (χ3v) is 5.51. The van der Waals surface area contributed by atoms with Crippen LogP contribution in [-0.2, 0) is 7.05 Å². The summed E-state index contributed by atoms with van der Waals surface area (Å²) in [5, 5.41) is 10.6. The number of hydrogen-bond acceptors (Lipinski definition) is 2. The van der Waals surface area contributed by atoms with Crippen molar-refractivity contribution in [3.05, 3.63) is 65.1 Å². The van der Waals surface area contributed by atoms with Crippen molar-refractivity contribution < 1.29 is 14.3 Å². The minimum atomic E-state index is -0.245. The zero-order chi connectivity index (χ0) is 18.4. The minimum Gasteiger partial charge on any atom is -0.508 e. The number of amides is 1. The van der Waals surface area contributed by atoms with Gasteiger partial charge < -0.3 is 14.6 Å². The summed E-state index contributed by atoms with van der Waals surface area (Å²) in [6.07, 6.45) is 0.867. The molecule has 0 radical (unpaired) electrons. The van der Waals surface area contributed by atoms with Crippen LogP contribution < -0.4 is 0 Å². The molecule has 1 atom stereocenters. The Hall–Kier alpha value is -2.82. The van der Waals surface area contributed by atoms with Gasteiger partial charge in [0, 0.05) is 42.7 Å². The molecule has 4 rings (SSSR count). The summed E-state index contributed by atoms with van der Waals surface area (Å²) in [7, 11) is 1.93. The number of aromatic nitrogens is 1. The maximum absolute atomic E-state index is 13.2. The van der Waals surface area contributed by atoms with E-state index in [1.165, 1.54) is 12.1 Å². The molecule has 0 saturated carbocycles. The van der Waals surface area contributed by atoms with Crippen LogP contribution in [0.4, 0.5) is 4.39 Å². The highest BCUT2D eigenvalue weighted by atomic mass is 19.1. The van der Waals surface area contributed by atoms with Crippen molar-refractivity contribution in [2.24, 2.45) is 7.05 Å². The summed E-state index contributed by atoms with van der Waals surface area (Å²) >= 11 is 0. The first-order chi connectivity index (χ1) is 12.5. The largest absolute Gasteiger partial charge is 0.508 e. The average molecular weight is 352 g/mol. The van der Waals surface area contributed by atoms with Crippen LogP contribution in [0.1, 0.15) is 34.0 Å².